The molecule has 0 saturated heterocycles. The van der Waals surface area contributed by atoms with Crippen LogP contribution in [0.2, 0.25) is 0 Å². The quantitative estimate of drug-likeness (QED) is 0.262. The van der Waals surface area contributed by atoms with Gasteiger partial charge < -0.3 is 21.0 Å². The van der Waals surface area contributed by atoms with Crippen molar-refractivity contribution in [2.45, 2.75) is 20.8 Å². The van der Waals surface area contributed by atoms with Crippen LogP contribution in [0.5, 0.6) is 0 Å². The van der Waals surface area contributed by atoms with Crippen molar-refractivity contribution in [3.05, 3.63) is 0 Å². The van der Waals surface area contributed by atoms with Gasteiger partial charge >= 0.3 is 0 Å². The number of hydrogen-bond donors (Lipinski definition) is 3. The van der Waals surface area contributed by atoms with E-state index in [0.29, 0.717) is 13.2 Å². The molecule has 0 spiro atoms. The minimum Gasteiger partial charge on any atom is -0.409 e. The van der Waals surface area contributed by atoms with Crippen molar-refractivity contribution in [3.8, 4) is 0 Å². The number of nitrogens with one attached hydrogen (secondary N) is 1. The van der Waals surface area contributed by atoms with E-state index in [9.17, 15) is 4.79 Å². The fourth-order valence-electron chi connectivity index (χ4n) is 1.07. The molecule has 1 atom stereocenters. The molecule has 0 heterocycles. The van der Waals surface area contributed by atoms with Gasteiger partial charge in [-0.1, -0.05) is 12.1 Å². The Bertz CT molecular complexity index is 264. The van der Waals surface area contributed by atoms with Crippen LogP contribution in [0, 0.1) is 11.3 Å². The van der Waals surface area contributed by atoms with Crippen LogP contribution in [0.3, 0.4) is 0 Å². The van der Waals surface area contributed by atoms with Crippen molar-refractivity contribution in [3.63, 3.8) is 0 Å². The lowest BCUT2D eigenvalue weighted by atomic mass is 9.91. The van der Waals surface area contributed by atoms with E-state index in [1.807, 2.05) is 6.92 Å². The zero-order valence-corrected chi connectivity index (χ0v) is 10.3. The molecule has 1 amide bonds. The number of amides is 1. The highest BCUT2D eigenvalue weighted by Gasteiger charge is 2.32. The number of amidine groups is 1. The second kappa shape index (κ2) is 6.32. The summed E-state index contributed by atoms with van der Waals surface area (Å²) in [5.41, 5.74) is 4.42. The average Bonchev–Trinajstić information content (AvgIpc) is 2.24. The van der Waals surface area contributed by atoms with Crippen LogP contribution in [0.1, 0.15) is 20.8 Å². The molecule has 0 fully saturated rings. The summed E-state index contributed by atoms with van der Waals surface area (Å²) in [4.78, 5) is 11.7. The Labute approximate surface area is 95.8 Å². The van der Waals surface area contributed by atoms with E-state index in [4.69, 9.17) is 15.7 Å². The number of oxime groups is 1. The molecule has 16 heavy (non-hydrogen) atoms. The molecule has 94 valence electrons. The van der Waals surface area contributed by atoms with Crippen molar-refractivity contribution < 1.29 is 14.7 Å². The van der Waals surface area contributed by atoms with E-state index < -0.39 is 5.41 Å². The van der Waals surface area contributed by atoms with Gasteiger partial charge in [0.2, 0.25) is 5.91 Å². The van der Waals surface area contributed by atoms with Crippen LogP contribution in [0.15, 0.2) is 5.16 Å². The molecule has 0 aliphatic heterocycles. The molecule has 0 saturated carbocycles. The third-order valence-electron chi connectivity index (χ3n) is 2.38. The second-order valence-corrected chi connectivity index (χ2v) is 4.38. The molecule has 0 aromatic carbocycles. The van der Waals surface area contributed by atoms with Gasteiger partial charge in [0.25, 0.3) is 0 Å². The average molecular weight is 231 g/mol. The Morgan fingerprint density at radius 1 is 1.62 bits per heavy atom. The van der Waals surface area contributed by atoms with Crippen LogP contribution in [-0.2, 0) is 9.53 Å². The SMILES string of the molecule is COCC(C)CNC(=O)C(C)(C)C(N)=NO. The maximum Gasteiger partial charge on any atom is 0.233 e. The summed E-state index contributed by atoms with van der Waals surface area (Å²) in [6, 6.07) is 0. The number of rotatable bonds is 6. The van der Waals surface area contributed by atoms with Gasteiger partial charge in [-0.15, -0.1) is 0 Å². The Morgan fingerprint density at radius 2 is 2.19 bits per heavy atom. The molecule has 6 heteroatoms. The zero-order chi connectivity index (χ0) is 12.8. The largest absolute Gasteiger partial charge is 0.409 e. The highest BCUT2D eigenvalue weighted by molar-refractivity contribution is 6.05. The summed E-state index contributed by atoms with van der Waals surface area (Å²) < 4.78 is 4.95. The van der Waals surface area contributed by atoms with Crippen molar-refractivity contribution in [2.24, 2.45) is 22.2 Å². The Morgan fingerprint density at radius 3 is 2.62 bits per heavy atom. The van der Waals surface area contributed by atoms with Crippen molar-refractivity contribution in [1.82, 2.24) is 5.32 Å². The van der Waals surface area contributed by atoms with Gasteiger partial charge in [0.1, 0.15) is 5.41 Å². The van der Waals surface area contributed by atoms with Crippen LogP contribution in [0.4, 0.5) is 0 Å². The molecule has 0 aliphatic carbocycles. The molecule has 0 bridgehead atoms. The van der Waals surface area contributed by atoms with Gasteiger partial charge in [0, 0.05) is 13.7 Å². The van der Waals surface area contributed by atoms with Gasteiger partial charge in [0.15, 0.2) is 5.84 Å². The third kappa shape index (κ3) is 4.06. The number of hydrogen-bond acceptors (Lipinski definition) is 4. The van der Waals surface area contributed by atoms with Gasteiger partial charge in [-0.25, -0.2) is 0 Å². The lowest BCUT2D eigenvalue weighted by molar-refractivity contribution is -0.126. The predicted octanol–water partition coefficient (Wildman–Crippen LogP) is 0.158. The van der Waals surface area contributed by atoms with Crippen molar-refractivity contribution in [2.75, 3.05) is 20.3 Å². The van der Waals surface area contributed by atoms with E-state index in [1.165, 1.54) is 0 Å². The van der Waals surface area contributed by atoms with E-state index in [0.717, 1.165) is 0 Å². The molecule has 0 aromatic heterocycles. The highest BCUT2D eigenvalue weighted by atomic mass is 16.5. The highest BCUT2D eigenvalue weighted by Crippen LogP contribution is 2.15. The smallest absolute Gasteiger partial charge is 0.233 e. The van der Waals surface area contributed by atoms with Crippen molar-refractivity contribution >= 4 is 11.7 Å². The van der Waals surface area contributed by atoms with E-state index >= 15 is 0 Å². The maximum absolute atomic E-state index is 11.7. The molecule has 1 unspecified atom stereocenters. The van der Waals surface area contributed by atoms with Gasteiger partial charge in [-0.3, -0.25) is 4.79 Å². The number of carbonyl (C=O) groups excluding carboxylic acids is 1. The summed E-state index contributed by atoms with van der Waals surface area (Å²) in [7, 11) is 1.61. The van der Waals surface area contributed by atoms with E-state index in [1.54, 1.807) is 21.0 Å². The standard InChI is InChI=1S/C10H21N3O3/c1-7(6-16-4)5-12-9(14)10(2,3)8(11)13-15/h7,15H,5-6H2,1-4H3,(H2,11,13)(H,12,14). The molecule has 0 rings (SSSR count). The Balaban J connectivity index is 4.26. The fraction of sp³-hybridized carbons (Fsp3) is 0.800. The molecule has 4 N–H and O–H groups in total. The zero-order valence-electron chi connectivity index (χ0n) is 10.3. The van der Waals surface area contributed by atoms with Gasteiger partial charge in [-0.2, -0.15) is 0 Å². The number of ether oxygens (including phenoxy) is 1. The molecule has 6 nitrogen and oxygen atoms in total. The summed E-state index contributed by atoms with van der Waals surface area (Å²) in [6.45, 7) is 6.22. The molecular weight excluding hydrogens is 210 g/mol. The van der Waals surface area contributed by atoms with Crippen molar-refractivity contribution in [1.29, 1.82) is 0 Å². The van der Waals surface area contributed by atoms with Gasteiger partial charge in [-0.05, 0) is 19.8 Å². The van der Waals surface area contributed by atoms with E-state index in [2.05, 4.69) is 10.5 Å². The third-order valence-corrected chi connectivity index (χ3v) is 2.38. The Hall–Kier alpha value is -1.30. The minimum absolute atomic E-state index is 0.107. The molecule has 0 aromatic rings. The topological polar surface area (TPSA) is 96.9 Å². The molecular formula is C10H21N3O3. The van der Waals surface area contributed by atoms with Gasteiger partial charge in [0.05, 0.1) is 6.61 Å². The number of nitrogens with zero attached hydrogens (tertiary/aromatic N) is 1. The first-order chi connectivity index (χ1) is 7.36. The van der Waals surface area contributed by atoms with Crippen LogP contribution < -0.4 is 11.1 Å². The maximum atomic E-state index is 11.7. The first-order valence-electron chi connectivity index (χ1n) is 5.11. The number of methoxy groups -OCH3 is 1. The predicted molar refractivity (Wildman–Crippen MR) is 61.2 cm³/mol. The number of nitrogens with two attached hydrogens (primary N) is 1. The minimum atomic E-state index is -1.01. The summed E-state index contributed by atoms with van der Waals surface area (Å²) in [5, 5.41) is 14.1. The fourth-order valence-corrected chi connectivity index (χ4v) is 1.07. The Kier molecular flexibility index (Phi) is 5.81. The van der Waals surface area contributed by atoms with Crippen LogP contribution >= 0.6 is 0 Å². The summed E-state index contributed by atoms with van der Waals surface area (Å²) in [6.07, 6.45) is 0. The molecule has 0 aliphatic rings. The lowest BCUT2D eigenvalue weighted by Gasteiger charge is -2.22. The second-order valence-electron chi connectivity index (χ2n) is 4.38. The monoisotopic (exact) mass is 231 g/mol. The van der Waals surface area contributed by atoms with Crippen LogP contribution in [0.25, 0.3) is 0 Å². The first kappa shape index (κ1) is 14.7. The summed E-state index contributed by atoms with van der Waals surface area (Å²) in [5.74, 6) is -0.160. The summed E-state index contributed by atoms with van der Waals surface area (Å²) >= 11 is 0. The van der Waals surface area contributed by atoms with E-state index in [-0.39, 0.29) is 17.7 Å². The lowest BCUT2D eigenvalue weighted by Crippen LogP contribution is -2.47. The molecule has 0 radical (unpaired) electrons. The number of carbonyl (C=O) groups is 1. The van der Waals surface area contributed by atoms with Crippen LogP contribution in [-0.4, -0.2) is 37.2 Å². The first-order valence-corrected chi connectivity index (χ1v) is 5.11. The normalized spacial score (nSPS) is 14.6.